The molecule has 0 aliphatic heterocycles. The Kier molecular flexibility index (Phi) is 7.61. The number of benzene rings is 2. The van der Waals surface area contributed by atoms with Crippen LogP contribution in [0.2, 0.25) is 0 Å². The van der Waals surface area contributed by atoms with Crippen molar-refractivity contribution in [2.45, 2.75) is 24.5 Å². The summed E-state index contributed by atoms with van der Waals surface area (Å²) in [5.74, 6) is -4.63. The highest BCUT2D eigenvalue weighted by Crippen LogP contribution is 2.42. The van der Waals surface area contributed by atoms with Crippen LogP contribution in [0, 0.1) is 11.7 Å². The van der Waals surface area contributed by atoms with Crippen LogP contribution in [0.15, 0.2) is 54.6 Å². The molecule has 4 unspecified atom stereocenters. The third kappa shape index (κ3) is 5.58. The maximum Gasteiger partial charge on any atom is 0.512 e. The number of halogens is 1. The fourth-order valence-corrected chi connectivity index (χ4v) is 4.09. The third-order valence-electron chi connectivity index (χ3n) is 4.34. The van der Waals surface area contributed by atoms with Crippen LogP contribution in [-0.2, 0) is 14.2 Å². The van der Waals surface area contributed by atoms with E-state index in [1.54, 1.807) is 36.4 Å². The molecule has 0 aliphatic rings. The van der Waals surface area contributed by atoms with E-state index in [1.807, 2.05) is 0 Å². The van der Waals surface area contributed by atoms with Crippen molar-refractivity contribution < 1.29 is 33.7 Å². The number of rotatable bonds is 10. The van der Waals surface area contributed by atoms with Crippen molar-refractivity contribution in [2.24, 2.45) is 5.92 Å². The molecule has 7 nitrogen and oxygen atoms in total. The first-order chi connectivity index (χ1) is 13.3. The number of para-hydroxylation sites is 1. The van der Waals surface area contributed by atoms with E-state index in [2.05, 4.69) is 5.32 Å². The van der Waals surface area contributed by atoms with Gasteiger partial charge in [0.05, 0.1) is 5.69 Å². The van der Waals surface area contributed by atoms with Gasteiger partial charge in [-0.05, 0) is 28.7 Å². The summed E-state index contributed by atoms with van der Waals surface area (Å²) < 4.78 is 26.3. The lowest BCUT2D eigenvalue weighted by Gasteiger charge is -2.25. The number of anilines is 1. The van der Waals surface area contributed by atoms with E-state index in [1.165, 1.54) is 18.2 Å². The molecule has 0 aliphatic carbocycles. The Labute approximate surface area is 161 Å². The van der Waals surface area contributed by atoms with Gasteiger partial charge in [0.1, 0.15) is 17.8 Å². The van der Waals surface area contributed by atoms with Crippen molar-refractivity contribution in [1.29, 1.82) is 0 Å². The van der Waals surface area contributed by atoms with Crippen LogP contribution in [0.1, 0.15) is 24.4 Å². The molecule has 9 heteroatoms. The maximum atomic E-state index is 14.2. The van der Waals surface area contributed by atoms with E-state index in [0.717, 1.165) is 0 Å². The zero-order valence-electron chi connectivity index (χ0n) is 14.7. The van der Waals surface area contributed by atoms with Gasteiger partial charge in [-0.2, -0.15) is 4.89 Å². The number of carboxylic acid groups (broad SMARTS) is 2. The second kappa shape index (κ2) is 9.92. The van der Waals surface area contributed by atoms with Crippen LogP contribution in [0.5, 0.6) is 0 Å². The first kappa shape index (κ1) is 21.5. The van der Waals surface area contributed by atoms with Gasteiger partial charge in [0.25, 0.3) is 0 Å². The third-order valence-corrected chi connectivity index (χ3v) is 5.51. The highest BCUT2D eigenvalue weighted by Gasteiger charge is 2.48. The quantitative estimate of drug-likeness (QED) is 0.443. The minimum absolute atomic E-state index is 0.0422. The molecule has 0 aromatic heterocycles. The van der Waals surface area contributed by atoms with Crippen molar-refractivity contribution in [3.8, 4) is 0 Å². The molecule has 0 heterocycles. The van der Waals surface area contributed by atoms with E-state index in [4.69, 9.17) is 5.11 Å². The fraction of sp³-hybridized carbons (Fsp3) is 0.263. The topological polar surface area (TPSA) is 124 Å². The van der Waals surface area contributed by atoms with E-state index in [0.29, 0.717) is 5.56 Å². The van der Waals surface area contributed by atoms with Crippen molar-refractivity contribution in [2.75, 3.05) is 5.32 Å². The van der Waals surface area contributed by atoms with Gasteiger partial charge < -0.3 is 15.5 Å². The Balaban J connectivity index is 2.49. The molecule has 2 aromatic carbocycles. The van der Waals surface area contributed by atoms with E-state index >= 15 is 0 Å². The zero-order valence-corrected chi connectivity index (χ0v) is 15.6. The number of hydrogen-bond acceptors (Lipinski definition) is 4. The maximum absolute atomic E-state index is 14.2. The first-order valence-electron chi connectivity index (χ1n) is 8.47. The molecule has 0 spiro atoms. The predicted molar refractivity (Wildman–Crippen MR) is 101 cm³/mol. The number of aliphatic carboxylic acids is 2. The Morgan fingerprint density at radius 3 is 2.18 bits per heavy atom. The number of carbonyl (C=O) groups is 2. The second-order valence-electron chi connectivity index (χ2n) is 6.18. The highest BCUT2D eigenvalue weighted by molar-refractivity contribution is 7.39. The van der Waals surface area contributed by atoms with Crippen LogP contribution in [0.3, 0.4) is 0 Å². The van der Waals surface area contributed by atoms with E-state index in [9.17, 15) is 28.5 Å². The molecule has 0 bridgehead atoms. The lowest BCUT2D eigenvalue weighted by atomic mass is 9.90. The molecule has 2 aromatic rings. The number of nitrogens with one attached hydrogen (secondary N) is 1. The van der Waals surface area contributed by atoms with Crippen molar-refractivity contribution in [3.63, 3.8) is 0 Å². The Hall–Kier alpha value is -2.83. The summed E-state index contributed by atoms with van der Waals surface area (Å²) in [5.41, 5.74) is -0.857. The van der Waals surface area contributed by atoms with Gasteiger partial charge in [0, 0.05) is 6.42 Å². The molecule has 148 valence electrons. The van der Waals surface area contributed by atoms with Gasteiger partial charge in [-0.25, -0.2) is 4.39 Å². The normalized spacial score (nSPS) is 14.6. The fourth-order valence-electron chi connectivity index (χ4n) is 3.01. The molecule has 0 saturated carbocycles. The monoisotopic (exact) mass is 408 g/mol. The average molecular weight is 408 g/mol. The molecule has 0 amide bonds. The van der Waals surface area contributed by atoms with Crippen LogP contribution in [0.25, 0.3) is 0 Å². The van der Waals surface area contributed by atoms with Gasteiger partial charge in [0.2, 0.25) is 5.66 Å². The first-order valence-corrected chi connectivity index (χ1v) is 9.75. The number of hydrogen-bond donors (Lipinski definition) is 4. The Bertz CT molecular complexity index is 847. The summed E-state index contributed by atoms with van der Waals surface area (Å²) in [5, 5.41) is 21.3. The summed E-state index contributed by atoms with van der Waals surface area (Å²) in [6.45, 7) is 0. The molecule has 4 N–H and O–H groups in total. The van der Waals surface area contributed by atoms with Crippen LogP contribution >= 0.6 is 8.03 Å². The van der Waals surface area contributed by atoms with E-state index < -0.39 is 49.8 Å². The summed E-state index contributed by atoms with van der Waals surface area (Å²) in [6, 6.07) is 13.0. The molecule has 28 heavy (non-hydrogen) atoms. The van der Waals surface area contributed by atoms with Crippen LogP contribution < -0.4 is 5.32 Å². The standard InChI is InChI=1S/C19H19FNO6P/c20-14-8-4-5-9-15(14)21-17(12-6-2-1-3-7-12)18(28(26)27)13(19(24)25)10-11-16(22)23/h1-9,13,17-18,21H,10-11H2,(H2-,22,23,24,25,26,27)/p+1. The van der Waals surface area contributed by atoms with Gasteiger partial charge in [-0.15, -0.1) is 0 Å². The molecular formula is C19H20FNO6P+. The largest absolute Gasteiger partial charge is 0.512 e. The second-order valence-corrected chi connectivity index (χ2v) is 7.38. The van der Waals surface area contributed by atoms with Crippen molar-refractivity contribution >= 4 is 25.7 Å². The van der Waals surface area contributed by atoms with Crippen molar-refractivity contribution in [1.82, 2.24) is 0 Å². The lowest BCUT2D eigenvalue weighted by molar-refractivity contribution is -0.143. The molecule has 0 fully saturated rings. The molecule has 2 rings (SSSR count). The van der Waals surface area contributed by atoms with E-state index in [-0.39, 0.29) is 12.1 Å². The number of carboxylic acids is 2. The minimum atomic E-state index is -3.04. The summed E-state index contributed by atoms with van der Waals surface area (Å²) in [6.07, 6.45) is -0.808. The summed E-state index contributed by atoms with van der Waals surface area (Å²) in [7, 11) is -3.04. The molecule has 0 radical (unpaired) electrons. The predicted octanol–water partition coefficient (Wildman–Crippen LogP) is 3.65. The zero-order chi connectivity index (χ0) is 20.7. The summed E-state index contributed by atoms with van der Waals surface area (Å²) >= 11 is 0. The van der Waals surface area contributed by atoms with Gasteiger partial charge in [0.15, 0.2) is 0 Å². The van der Waals surface area contributed by atoms with Crippen LogP contribution in [-0.4, -0.2) is 32.7 Å². The van der Waals surface area contributed by atoms with Gasteiger partial charge in [-0.1, -0.05) is 42.5 Å². The SMILES string of the molecule is O=C(O)CCC(C(=O)O)C(C(Nc1ccccc1F)c1ccccc1)[P+](=O)O. The van der Waals surface area contributed by atoms with Gasteiger partial charge >= 0.3 is 20.0 Å². The van der Waals surface area contributed by atoms with Gasteiger partial charge in [-0.3, -0.25) is 9.59 Å². The molecule has 4 atom stereocenters. The Morgan fingerprint density at radius 1 is 1.04 bits per heavy atom. The van der Waals surface area contributed by atoms with Crippen molar-refractivity contribution in [3.05, 3.63) is 66.0 Å². The average Bonchev–Trinajstić information content (AvgIpc) is 2.65. The summed E-state index contributed by atoms with van der Waals surface area (Å²) in [4.78, 5) is 32.6. The Morgan fingerprint density at radius 2 is 1.64 bits per heavy atom. The molecular weight excluding hydrogens is 388 g/mol. The minimum Gasteiger partial charge on any atom is -0.481 e. The lowest BCUT2D eigenvalue weighted by Crippen LogP contribution is -2.35. The smallest absolute Gasteiger partial charge is 0.481 e. The highest BCUT2D eigenvalue weighted by atomic mass is 31.1. The molecule has 0 saturated heterocycles. The van der Waals surface area contributed by atoms with Crippen LogP contribution in [0.4, 0.5) is 10.1 Å².